The van der Waals surface area contributed by atoms with Gasteiger partial charge in [-0.3, -0.25) is 0 Å². The van der Waals surface area contributed by atoms with E-state index in [4.69, 9.17) is 0 Å². The van der Waals surface area contributed by atoms with Gasteiger partial charge in [0.15, 0.2) is 0 Å². The van der Waals surface area contributed by atoms with Crippen LogP contribution in [0.4, 0.5) is 0 Å². The Morgan fingerprint density at radius 2 is 1.89 bits per heavy atom. The van der Waals surface area contributed by atoms with Gasteiger partial charge in [0.2, 0.25) is 0 Å². The topological polar surface area (TPSA) is 0 Å². The number of hydrogen-bond acceptors (Lipinski definition) is 0. The van der Waals surface area contributed by atoms with E-state index in [1.165, 1.54) is 33.4 Å². The Hall–Kier alpha value is -2.08. The highest BCUT2D eigenvalue weighted by molar-refractivity contribution is 5.73. The van der Waals surface area contributed by atoms with Crippen LogP contribution in [0.15, 0.2) is 54.1 Å². The number of aryl methyl sites for hydroxylation is 1. The molecule has 0 spiro atoms. The number of fused-ring (bicyclic) bond motifs is 2. The highest BCUT2D eigenvalue weighted by Gasteiger charge is 2.25. The molecule has 2 aliphatic carbocycles. The molecule has 0 nitrogen and oxygen atoms in total. The van der Waals surface area contributed by atoms with Gasteiger partial charge in [-0.15, -0.1) is 0 Å². The van der Waals surface area contributed by atoms with Gasteiger partial charge in [-0.2, -0.15) is 0 Å². The molecular formula is C19H16. The monoisotopic (exact) mass is 244 g/mol. The van der Waals surface area contributed by atoms with Crippen LogP contribution < -0.4 is 0 Å². The van der Waals surface area contributed by atoms with Gasteiger partial charge < -0.3 is 0 Å². The van der Waals surface area contributed by atoms with Crippen LogP contribution >= 0.6 is 0 Å². The van der Waals surface area contributed by atoms with Gasteiger partial charge >= 0.3 is 0 Å². The van der Waals surface area contributed by atoms with E-state index >= 15 is 0 Å². The maximum atomic E-state index is 2.38. The molecule has 0 fully saturated rings. The van der Waals surface area contributed by atoms with Crippen LogP contribution in [0.3, 0.4) is 0 Å². The molecule has 0 bridgehead atoms. The van der Waals surface area contributed by atoms with Crippen LogP contribution in [0, 0.1) is 6.92 Å². The Morgan fingerprint density at radius 1 is 1.00 bits per heavy atom. The van der Waals surface area contributed by atoms with Crippen molar-refractivity contribution in [3.05, 3.63) is 81.9 Å². The van der Waals surface area contributed by atoms with E-state index in [0.717, 1.165) is 6.42 Å². The molecule has 19 heavy (non-hydrogen) atoms. The lowest BCUT2D eigenvalue weighted by atomic mass is 9.90. The van der Waals surface area contributed by atoms with Crippen LogP contribution in [-0.4, -0.2) is 0 Å². The third-order valence-electron chi connectivity index (χ3n) is 4.34. The first kappa shape index (κ1) is 10.8. The second-order valence-electron chi connectivity index (χ2n) is 5.51. The first-order valence-electron chi connectivity index (χ1n) is 6.89. The Bertz CT molecular complexity index is 717. The standard InChI is InChI=1S/C19H16/c1-13-5-4-8-19-17(13)9-10-18(19)16-11-14-6-2-3-7-15(14)12-16/h2-11,18H,12H2,1H3. The molecule has 1 atom stereocenters. The molecule has 0 aliphatic heterocycles. The summed E-state index contributed by atoms with van der Waals surface area (Å²) in [7, 11) is 0. The summed E-state index contributed by atoms with van der Waals surface area (Å²) in [5.41, 5.74) is 8.66. The fourth-order valence-electron chi connectivity index (χ4n) is 3.33. The predicted molar refractivity (Wildman–Crippen MR) is 81.1 cm³/mol. The second-order valence-corrected chi connectivity index (χ2v) is 5.51. The lowest BCUT2D eigenvalue weighted by molar-refractivity contribution is 0.968. The zero-order chi connectivity index (χ0) is 12.8. The summed E-state index contributed by atoms with van der Waals surface area (Å²) in [5.74, 6) is 0.474. The molecule has 0 radical (unpaired) electrons. The summed E-state index contributed by atoms with van der Waals surface area (Å²) in [4.78, 5) is 0. The third kappa shape index (κ3) is 1.60. The van der Waals surface area contributed by atoms with E-state index in [2.05, 4.69) is 67.6 Å². The van der Waals surface area contributed by atoms with Crippen molar-refractivity contribution in [2.24, 2.45) is 0 Å². The minimum Gasteiger partial charge on any atom is -0.0723 e. The molecule has 2 aromatic rings. The molecule has 4 rings (SSSR count). The fraction of sp³-hybridized carbons (Fsp3) is 0.158. The molecule has 2 aliphatic rings. The number of allylic oxidation sites excluding steroid dienone is 2. The molecule has 2 aromatic carbocycles. The largest absolute Gasteiger partial charge is 0.0723 e. The summed E-state index contributed by atoms with van der Waals surface area (Å²) in [5, 5.41) is 0. The predicted octanol–water partition coefficient (Wildman–Crippen LogP) is 4.75. The van der Waals surface area contributed by atoms with Gasteiger partial charge in [0.25, 0.3) is 0 Å². The van der Waals surface area contributed by atoms with Gasteiger partial charge in [-0.1, -0.05) is 66.3 Å². The van der Waals surface area contributed by atoms with E-state index in [0.29, 0.717) is 5.92 Å². The van der Waals surface area contributed by atoms with Crippen molar-refractivity contribution in [1.29, 1.82) is 0 Å². The smallest absolute Gasteiger partial charge is 0.0244 e. The summed E-state index contributed by atoms with van der Waals surface area (Å²) < 4.78 is 0. The summed E-state index contributed by atoms with van der Waals surface area (Å²) in [6.07, 6.45) is 8.12. The SMILES string of the molecule is Cc1cccc2c1C=CC2C1=Cc2ccccc2C1. The first-order valence-corrected chi connectivity index (χ1v) is 6.89. The van der Waals surface area contributed by atoms with E-state index in [9.17, 15) is 0 Å². The maximum Gasteiger partial charge on any atom is 0.0244 e. The highest BCUT2D eigenvalue weighted by atomic mass is 14.3. The molecule has 0 saturated carbocycles. The number of benzene rings is 2. The van der Waals surface area contributed by atoms with Gasteiger partial charge in [-0.05, 0) is 41.2 Å². The maximum absolute atomic E-state index is 2.38. The van der Waals surface area contributed by atoms with Crippen LogP contribution in [-0.2, 0) is 6.42 Å². The van der Waals surface area contributed by atoms with Gasteiger partial charge in [-0.25, -0.2) is 0 Å². The van der Waals surface area contributed by atoms with Crippen molar-refractivity contribution >= 4 is 12.2 Å². The van der Waals surface area contributed by atoms with Crippen molar-refractivity contribution < 1.29 is 0 Å². The minimum absolute atomic E-state index is 0.474. The summed E-state index contributed by atoms with van der Waals surface area (Å²) in [6, 6.07) is 15.4. The Balaban J connectivity index is 1.76. The Morgan fingerprint density at radius 3 is 2.79 bits per heavy atom. The average Bonchev–Trinajstić information content (AvgIpc) is 3.02. The Kier molecular flexibility index (Phi) is 2.25. The highest BCUT2D eigenvalue weighted by Crippen LogP contribution is 2.41. The van der Waals surface area contributed by atoms with Gasteiger partial charge in [0.05, 0.1) is 0 Å². The average molecular weight is 244 g/mol. The molecule has 0 N–H and O–H groups in total. The molecule has 1 unspecified atom stereocenters. The molecular weight excluding hydrogens is 228 g/mol. The quantitative estimate of drug-likeness (QED) is 0.679. The van der Waals surface area contributed by atoms with Crippen molar-refractivity contribution in [1.82, 2.24) is 0 Å². The van der Waals surface area contributed by atoms with Gasteiger partial charge in [0, 0.05) is 5.92 Å². The zero-order valence-electron chi connectivity index (χ0n) is 11.1. The van der Waals surface area contributed by atoms with Gasteiger partial charge in [0.1, 0.15) is 0 Å². The molecule has 0 heteroatoms. The van der Waals surface area contributed by atoms with Crippen molar-refractivity contribution in [2.75, 3.05) is 0 Å². The molecule has 0 amide bonds. The Labute approximate surface area is 114 Å². The van der Waals surface area contributed by atoms with Crippen LogP contribution in [0.25, 0.3) is 12.2 Å². The van der Waals surface area contributed by atoms with Crippen LogP contribution in [0.1, 0.15) is 33.7 Å². The second kappa shape index (κ2) is 3.96. The fourth-order valence-corrected chi connectivity index (χ4v) is 3.33. The van der Waals surface area contributed by atoms with Crippen molar-refractivity contribution in [2.45, 2.75) is 19.3 Å². The number of hydrogen-bond donors (Lipinski definition) is 0. The lowest BCUT2D eigenvalue weighted by Gasteiger charge is -2.13. The van der Waals surface area contributed by atoms with E-state index < -0.39 is 0 Å². The van der Waals surface area contributed by atoms with Crippen molar-refractivity contribution in [3.8, 4) is 0 Å². The van der Waals surface area contributed by atoms with E-state index in [1.54, 1.807) is 0 Å². The van der Waals surface area contributed by atoms with E-state index in [1.807, 2.05) is 0 Å². The molecule has 0 heterocycles. The summed E-state index contributed by atoms with van der Waals surface area (Å²) >= 11 is 0. The first-order chi connectivity index (χ1) is 9.33. The molecule has 0 aromatic heterocycles. The van der Waals surface area contributed by atoms with E-state index in [-0.39, 0.29) is 0 Å². The lowest BCUT2D eigenvalue weighted by Crippen LogP contribution is -1.98. The van der Waals surface area contributed by atoms with Crippen LogP contribution in [0.2, 0.25) is 0 Å². The summed E-state index contributed by atoms with van der Waals surface area (Å²) in [6.45, 7) is 2.20. The molecule has 0 saturated heterocycles. The minimum atomic E-state index is 0.474. The number of rotatable bonds is 1. The zero-order valence-corrected chi connectivity index (χ0v) is 11.1. The molecule has 92 valence electrons. The third-order valence-corrected chi connectivity index (χ3v) is 4.34. The normalized spacial score (nSPS) is 19.2. The van der Waals surface area contributed by atoms with Crippen LogP contribution in [0.5, 0.6) is 0 Å². The van der Waals surface area contributed by atoms with Crippen molar-refractivity contribution in [3.63, 3.8) is 0 Å².